The second kappa shape index (κ2) is 8.53. The van der Waals surface area contributed by atoms with Crippen LogP contribution < -0.4 is 10.2 Å². The van der Waals surface area contributed by atoms with Gasteiger partial charge < -0.3 is 20.2 Å². The van der Waals surface area contributed by atoms with Gasteiger partial charge in [0.1, 0.15) is 5.82 Å². The molecule has 0 aliphatic carbocycles. The van der Waals surface area contributed by atoms with Crippen molar-refractivity contribution in [3.63, 3.8) is 0 Å². The number of pyridine rings is 1. The van der Waals surface area contributed by atoms with Gasteiger partial charge in [0.15, 0.2) is 0 Å². The number of β-amino-alcohol motifs (C(OH)–C–C–N with tert-alkyl or cyclic N) is 1. The molecule has 2 N–H and O–H groups in total. The zero-order valence-electron chi connectivity index (χ0n) is 12.2. The number of halogens is 2. The van der Waals surface area contributed by atoms with Crippen molar-refractivity contribution in [3.05, 3.63) is 24.4 Å². The first-order chi connectivity index (χ1) is 9.74. The molecule has 1 aromatic rings. The summed E-state index contributed by atoms with van der Waals surface area (Å²) in [4.78, 5) is 20.7. The molecule has 3 rings (SSSR count). The number of amides is 1. The van der Waals surface area contributed by atoms with E-state index in [2.05, 4.69) is 15.2 Å². The molecule has 2 aliphatic heterocycles. The Balaban J connectivity index is 0.00000121. The van der Waals surface area contributed by atoms with Crippen LogP contribution >= 0.6 is 24.8 Å². The minimum Gasteiger partial charge on any atom is -0.392 e. The van der Waals surface area contributed by atoms with Gasteiger partial charge in [-0.3, -0.25) is 4.79 Å². The highest BCUT2D eigenvalue weighted by Crippen LogP contribution is 2.15. The van der Waals surface area contributed by atoms with E-state index in [-0.39, 0.29) is 36.8 Å². The molecule has 6 nitrogen and oxygen atoms in total. The fourth-order valence-electron chi connectivity index (χ4n) is 2.82. The third-order valence-corrected chi connectivity index (χ3v) is 3.97. The smallest absolute Gasteiger partial charge is 0.239 e. The minimum absolute atomic E-state index is 0. The van der Waals surface area contributed by atoms with E-state index in [0.717, 1.165) is 18.9 Å². The lowest BCUT2D eigenvalue weighted by molar-refractivity contribution is -0.133. The Hall–Kier alpha value is -1.08. The number of carbonyl (C=O) groups is 1. The Morgan fingerprint density at radius 1 is 1.23 bits per heavy atom. The van der Waals surface area contributed by atoms with Gasteiger partial charge in [-0.25, -0.2) is 4.98 Å². The summed E-state index contributed by atoms with van der Waals surface area (Å²) in [5, 5.41) is 12.6. The molecule has 3 heterocycles. The van der Waals surface area contributed by atoms with Gasteiger partial charge in [0.25, 0.3) is 0 Å². The first-order valence-electron chi connectivity index (χ1n) is 7.10. The summed E-state index contributed by atoms with van der Waals surface area (Å²) in [6.45, 7) is 3.55. The molecule has 2 unspecified atom stereocenters. The Morgan fingerprint density at radius 2 is 1.95 bits per heavy atom. The summed E-state index contributed by atoms with van der Waals surface area (Å²) in [5.74, 6) is 1.08. The van der Waals surface area contributed by atoms with Crippen molar-refractivity contribution in [2.75, 3.05) is 37.6 Å². The standard InChI is InChI=1S/C14H20N4O2.2ClH/c19-11-9-12(16-10-11)14(20)18-7-5-17(6-8-18)13-3-1-2-4-15-13;;/h1-4,11-12,16,19H,5-10H2;2*1H. The van der Waals surface area contributed by atoms with Crippen molar-refractivity contribution >= 4 is 36.5 Å². The summed E-state index contributed by atoms with van der Waals surface area (Å²) < 4.78 is 0. The van der Waals surface area contributed by atoms with E-state index in [0.29, 0.717) is 26.1 Å². The molecule has 124 valence electrons. The van der Waals surface area contributed by atoms with E-state index in [1.54, 1.807) is 6.20 Å². The molecule has 0 spiro atoms. The van der Waals surface area contributed by atoms with Gasteiger partial charge in [-0.1, -0.05) is 6.07 Å². The zero-order valence-corrected chi connectivity index (χ0v) is 13.9. The van der Waals surface area contributed by atoms with Crippen molar-refractivity contribution < 1.29 is 9.90 Å². The molecule has 2 fully saturated rings. The lowest BCUT2D eigenvalue weighted by Crippen LogP contribution is -2.53. The maximum atomic E-state index is 12.3. The Morgan fingerprint density at radius 3 is 2.50 bits per heavy atom. The van der Waals surface area contributed by atoms with Gasteiger partial charge in [0, 0.05) is 38.9 Å². The number of aliphatic hydroxyl groups excluding tert-OH is 1. The zero-order chi connectivity index (χ0) is 13.9. The number of aromatic nitrogens is 1. The Kier molecular flexibility index (Phi) is 7.35. The molecule has 2 saturated heterocycles. The third-order valence-electron chi connectivity index (χ3n) is 3.97. The number of rotatable bonds is 2. The van der Waals surface area contributed by atoms with Crippen LogP contribution in [0.1, 0.15) is 6.42 Å². The summed E-state index contributed by atoms with van der Waals surface area (Å²) in [6, 6.07) is 5.66. The number of piperazine rings is 1. The van der Waals surface area contributed by atoms with Gasteiger partial charge in [0.05, 0.1) is 12.1 Å². The highest BCUT2D eigenvalue weighted by Gasteiger charge is 2.32. The van der Waals surface area contributed by atoms with E-state index >= 15 is 0 Å². The molecule has 1 amide bonds. The number of hydrogen-bond donors (Lipinski definition) is 2. The van der Waals surface area contributed by atoms with Crippen LogP contribution in [0.5, 0.6) is 0 Å². The molecule has 22 heavy (non-hydrogen) atoms. The average Bonchev–Trinajstić information content (AvgIpc) is 2.94. The van der Waals surface area contributed by atoms with Gasteiger partial charge in [-0.05, 0) is 18.6 Å². The molecule has 2 atom stereocenters. The number of nitrogens with zero attached hydrogens (tertiary/aromatic N) is 3. The van der Waals surface area contributed by atoms with Crippen LogP contribution in [0.25, 0.3) is 0 Å². The molecule has 0 radical (unpaired) electrons. The second-order valence-electron chi connectivity index (χ2n) is 5.35. The highest BCUT2D eigenvalue weighted by atomic mass is 35.5. The quantitative estimate of drug-likeness (QED) is 0.804. The molecule has 1 aromatic heterocycles. The molecule has 2 aliphatic rings. The van der Waals surface area contributed by atoms with Crippen LogP contribution in [0.3, 0.4) is 0 Å². The number of nitrogens with one attached hydrogen (secondary N) is 1. The maximum absolute atomic E-state index is 12.3. The second-order valence-corrected chi connectivity index (χ2v) is 5.35. The van der Waals surface area contributed by atoms with Gasteiger partial charge in [-0.15, -0.1) is 24.8 Å². The summed E-state index contributed by atoms with van der Waals surface area (Å²) in [5.41, 5.74) is 0. The summed E-state index contributed by atoms with van der Waals surface area (Å²) in [7, 11) is 0. The lowest BCUT2D eigenvalue weighted by atomic mass is 10.1. The summed E-state index contributed by atoms with van der Waals surface area (Å²) in [6.07, 6.45) is 1.93. The number of carbonyl (C=O) groups excluding carboxylic acids is 1. The van der Waals surface area contributed by atoms with Crippen LogP contribution in [-0.2, 0) is 4.79 Å². The summed E-state index contributed by atoms with van der Waals surface area (Å²) >= 11 is 0. The fourth-order valence-corrected chi connectivity index (χ4v) is 2.82. The van der Waals surface area contributed by atoms with Crippen molar-refractivity contribution in [1.29, 1.82) is 0 Å². The Labute approximate surface area is 142 Å². The predicted molar refractivity (Wildman–Crippen MR) is 89.9 cm³/mol. The van der Waals surface area contributed by atoms with Crippen LogP contribution in [0.15, 0.2) is 24.4 Å². The minimum atomic E-state index is -0.390. The van der Waals surface area contributed by atoms with E-state index in [9.17, 15) is 9.90 Å². The SMILES string of the molecule is Cl.Cl.O=C(C1CC(O)CN1)N1CCN(c2ccccn2)CC1. The molecule has 0 aromatic carbocycles. The van der Waals surface area contributed by atoms with Crippen molar-refractivity contribution in [2.24, 2.45) is 0 Å². The highest BCUT2D eigenvalue weighted by molar-refractivity contribution is 5.85. The van der Waals surface area contributed by atoms with Crippen LogP contribution in [0.2, 0.25) is 0 Å². The Bertz CT molecular complexity index is 469. The first-order valence-corrected chi connectivity index (χ1v) is 7.10. The van der Waals surface area contributed by atoms with Gasteiger partial charge in [0.2, 0.25) is 5.91 Å². The third kappa shape index (κ3) is 4.23. The lowest BCUT2D eigenvalue weighted by Gasteiger charge is -2.36. The van der Waals surface area contributed by atoms with E-state index < -0.39 is 6.10 Å². The van der Waals surface area contributed by atoms with Gasteiger partial charge >= 0.3 is 0 Å². The first kappa shape index (κ1) is 19.0. The molecular formula is C14H22Cl2N4O2. The van der Waals surface area contributed by atoms with E-state index in [4.69, 9.17) is 0 Å². The molecular weight excluding hydrogens is 327 g/mol. The van der Waals surface area contributed by atoms with Crippen molar-refractivity contribution in [2.45, 2.75) is 18.6 Å². The number of anilines is 1. The average molecular weight is 349 g/mol. The topological polar surface area (TPSA) is 68.7 Å². The molecule has 0 saturated carbocycles. The number of hydrogen-bond acceptors (Lipinski definition) is 5. The van der Waals surface area contributed by atoms with E-state index in [1.807, 2.05) is 23.1 Å². The predicted octanol–water partition coefficient (Wildman–Crippen LogP) is 0.297. The normalized spacial score (nSPS) is 24.4. The van der Waals surface area contributed by atoms with Crippen LogP contribution in [-0.4, -0.2) is 65.8 Å². The van der Waals surface area contributed by atoms with Crippen molar-refractivity contribution in [1.82, 2.24) is 15.2 Å². The van der Waals surface area contributed by atoms with E-state index in [1.165, 1.54) is 0 Å². The fraction of sp³-hybridized carbons (Fsp3) is 0.571. The molecule has 0 bridgehead atoms. The van der Waals surface area contributed by atoms with Crippen LogP contribution in [0.4, 0.5) is 5.82 Å². The largest absolute Gasteiger partial charge is 0.392 e. The number of aliphatic hydroxyl groups is 1. The van der Waals surface area contributed by atoms with Crippen molar-refractivity contribution in [3.8, 4) is 0 Å². The monoisotopic (exact) mass is 348 g/mol. The molecule has 8 heteroatoms. The van der Waals surface area contributed by atoms with Gasteiger partial charge in [-0.2, -0.15) is 0 Å². The maximum Gasteiger partial charge on any atom is 0.239 e. The van der Waals surface area contributed by atoms with Crippen LogP contribution in [0, 0.1) is 0 Å².